The molecule has 0 aromatic carbocycles. The number of hydrogen-bond donors (Lipinski definition) is 2. The molecule has 4 heteroatoms. The van der Waals surface area contributed by atoms with Crippen molar-refractivity contribution in [1.82, 2.24) is 10.6 Å². The quantitative estimate of drug-likeness (QED) is 0.860. The lowest BCUT2D eigenvalue weighted by atomic mass is 9.92. The Morgan fingerprint density at radius 3 is 3.17 bits per heavy atom. The van der Waals surface area contributed by atoms with E-state index in [9.17, 15) is 4.79 Å². The van der Waals surface area contributed by atoms with Gasteiger partial charge in [-0.3, -0.25) is 4.79 Å². The molecule has 2 heterocycles. The van der Waals surface area contributed by atoms with Crippen molar-refractivity contribution in [2.24, 2.45) is 5.92 Å². The number of hydrogen-bond acceptors (Lipinski definition) is 3. The Balaban J connectivity index is 1.69. The minimum Gasteiger partial charge on any atom is -0.349 e. The number of carbonyl (C=O) groups is 1. The Labute approximate surface area is 112 Å². The summed E-state index contributed by atoms with van der Waals surface area (Å²) in [4.78, 5) is 13.8. The molecule has 3 nitrogen and oxygen atoms in total. The number of fused-ring (bicyclic) bond motifs is 1. The highest BCUT2D eigenvalue weighted by atomic mass is 32.1. The zero-order chi connectivity index (χ0) is 12.5. The normalized spacial score (nSPS) is 31.1. The number of rotatable bonds is 2. The molecule has 2 N–H and O–H groups in total. The number of nitrogens with one attached hydrogen (secondary N) is 2. The standard InChI is InChI=1S/C14H20N2OS/c1-9-10(5-7-15-9)14(17)16-12-3-2-4-13-11(12)6-8-18-13/h6,8-10,12,15H,2-5,7H2,1H3,(H,16,17). The van der Waals surface area contributed by atoms with Gasteiger partial charge in [0.25, 0.3) is 0 Å². The maximum absolute atomic E-state index is 12.3. The van der Waals surface area contributed by atoms with E-state index in [1.807, 2.05) is 11.3 Å². The molecular formula is C14H20N2OS. The Morgan fingerprint density at radius 1 is 1.50 bits per heavy atom. The molecular weight excluding hydrogens is 244 g/mol. The van der Waals surface area contributed by atoms with Crippen LogP contribution in [0, 0.1) is 5.92 Å². The topological polar surface area (TPSA) is 41.1 Å². The molecule has 1 amide bonds. The Bertz CT molecular complexity index is 443. The molecule has 1 aromatic rings. The number of thiophene rings is 1. The Hall–Kier alpha value is -0.870. The summed E-state index contributed by atoms with van der Waals surface area (Å²) in [5.41, 5.74) is 1.36. The first-order chi connectivity index (χ1) is 8.75. The van der Waals surface area contributed by atoms with E-state index in [1.54, 1.807) is 0 Å². The highest BCUT2D eigenvalue weighted by Crippen LogP contribution is 2.33. The van der Waals surface area contributed by atoms with Crippen LogP contribution < -0.4 is 10.6 Å². The molecule has 0 bridgehead atoms. The Kier molecular flexibility index (Phi) is 3.39. The molecule has 0 spiro atoms. The first-order valence-electron chi connectivity index (χ1n) is 6.85. The average Bonchev–Trinajstić information content (AvgIpc) is 2.97. The summed E-state index contributed by atoms with van der Waals surface area (Å²) < 4.78 is 0. The fourth-order valence-electron chi connectivity index (χ4n) is 3.13. The predicted octanol–water partition coefficient (Wildman–Crippen LogP) is 2.24. The van der Waals surface area contributed by atoms with Gasteiger partial charge in [-0.1, -0.05) is 0 Å². The van der Waals surface area contributed by atoms with E-state index < -0.39 is 0 Å². The van der Waals surface area contributed by atoms with E-state index in [-0.39, 0.29) is 17.9 Å². The largest absolute Gasteiger partial charge is 0.349 e. The minimum absolute atomic E-state index is 0.147. The zero-order valence-electron chi connectivity index (χ0n) is 10.7. The lowest BCUT2D eigenvalue weighted by molar-refractivity contribution is -0.126. The van der Waals surface area contributed by atoms with E-state index in [0.29, 0.717) is 6.04 Å². The summed E-state index contributed by atoms with van der Waals surface area (Å²) in [6, 6.07) is 2.75. The smallest absolute Gasteiger partial charge is 0.225 e. The minimum atomic E-state index is 0.147. The number of carbonyl (C=O) groups excluding carboxylic acids is 1. The highest BCUT2D eigenvalue weighted by Gasteiger charge is 2.31. The molecule has 3 atom stereocenters. The van der Waals surface area contributed by atoms with Gasteiger partial charge in [-0.05, 0) is 56.2 Å². The van der Waals surface area contributed by atoms with Crippen molar-refractivity contribution >= 4 is 17.2 Å². The average molecular weight is 264 g/mol. The zero-order valence-corrected chi connectivity index (χ0v) is 11.6. The van der Waals surface area contributed by atoms with Crippen molar-refractivity contribution in [3.63, 3.8) is 0 Å². The van der Waals surface area contributed by atoms with Crippen LogP contribution in [-0.2, 0) is 11.2 Å². The lowest BCUT2D eigenvalue weighted by Crippen LogP contribution is -2.39. The van der Waals surface area contributed by atoms with E-state index in [4.69, 9.17) is 0 Å². The van der Waals surface area contributed by atoms with Crippen molar-refractivity contribution < 1.29 is 4.79 Å². The van der Waals surface area contributed by atoms with Crippen molar-refractivity contribution in [2.75, 3.05) is 6.54 Å². The fourth-order valence-corrected chi connectivity index (χ4v) is 4.12. The molecule has 1 aromatic heterocycles. The summed E-state index contributed by atoms with van der Waals surface area (Å²) in [7, 11) is 0. The van der Waals surface area contributed by atoms with Crippen molar-refractivity contribution in [3.05, 3.63) is 21.9 Å². The maximum atomic E-state index is 12.3. The lowest BCUT2D eigenvalue weighted by Gasteiger charge is -2.26. The monoisotopic (exact) mass is 264 g/mol. The molecule has 1 aliphatic carbocycles. The number of amides is 1. The molecule has 0 saturated carbocycles. The van der Waals surface area contributed by atoms with Crippen LogP contribution in [0.1, 0.15) is 42.7 Å². The highest BCUT2D eigenvalue weighted by molar-refractivity contribution is 7.10. The molecule has 1 saturated heterocycles. The molecule has 98 valence electrons. The molecule has 2 aliphatic rings. The molecule has 1 fully saturated rings. The second kappa shape index (κ2) is 5.02. The van der Waals surface area contributed by atoms with Gasteiger partial charge >= 0.3 is 0 Å². The van der Waals surface area contributed by atoms with Gasteiger partial charge in [0.05, 0.1) is 12.0 Å². The van der Waals surface area contributed by atoms with Gasteiger partial charge in [0.15, 0.2) is 0 Å². The molecule has 1 aliphatic heterocycles. The van der Waals surface area contributed by atoms with Gasteiger partial charge < -0.3 is 10.6 Å². The van der Waals surface area contributed by atoms with Gasteiger partial charge in [0, 0.05) is 10.9 Å². The SMILES string of the molecule is CC1NCCC1C(=O)NC1CCCc2sccc21. The van der Waals surface area contributed by atoms with Crippen LogP contribution in [0.15, 0.2) is 11.4 Å². The second-order valence-electron chi connectivity index (χ2n) is 5.39. The van der Waals surface area contributed by atoms with Gasteiger partial charge in [-0.2, -0.15) is 0 Å². The molecule has 18 heavy (non-hydrogen) atoms. The third kappa shape index (κ3) is 2.19. The fraction of sp³-hybridized carbons (Fsp3) is 0.643. The van der Waals surface area contributed by atoms with Gasteiger partial charge in [0.1, 0.15) is 0 Å². The van der Waals surface area contributed by atoms with Crippen LogP contribution in [0.3, 0.4) is 0 Å². The van der Waals surface area contributed by atoms with Crippen LogP contribution in [0.2, 0.25) is 0 Å². The molecule has 3 unspecified atom stereocenters. The van der Waals surface area contributed by atoms with Crippen LogP contribution >= 0.6 is 11.3 Å². The summed E-state index contributed by atoms with van der Waals surface area (Å²) in [6.45, 7) is 3.07. The predicted molar refractivity (Wildman–Crippen MR) is 73.7 cm³/mol. The van der Waals surface area contributed by atoms with E-state index >= 15 is 0 Å². The second-order valence-corrected chi connectivity index (χ2v) is 6.39. The van der Waals surface area contributed by atoms with Crippen LogP contribution in [0.4, 0.5) is 0 Å². The maximum Gasteiger partial charge on any atom is 0.225 e. The Morgan fingerprint density at radius 2 is 2.39 bits per heavy atom. The van der Waals surface area contributed by atoms with Crippen LogP contribution in [-0.4, -0.2) is 18.5 Å². The summed E-state index contributed by atoms with van der Waals surface area (Å²) in [5.74, 6) is 0.380. The summed E-state index contributed by atoms with van der Waals surface area (Å²) in [6.07, 6.45) is 4.43. The van der Waals surface area contributed by atoms with Gasteiger partial charge in [-0.25, -0.2) is 0 Å². The van der Waals surface area contributed by atoms with Crippen LogP contribution in [0.5, 0.6) is 0 Å². The summed E-state index contributed by atoms with van der Waals surface area (Å²) >= 11 is 1.83. The summed E-state index contributed by atoms with van der Waals surface area (Å²) in [5, 5.41) is 8.75. The third-order valence-corrected chi connectivity index (χ3v) is 5.23. The molecule has 0 radical (unpaired) electrons. The van der Waals surface area contributed by atoms with Crippen molar-refractivity contribution in [3.8, 4) is 0 Å². The van der Waals surface area contributed by atoms with E-state index in [2.05, 4.69) is 29.0 Å². The van der Waals surface area contributed by atoms with Crippen molar-refractivity contribution in [1.29, 1.82) is 0 Å². The number of aryl methyl sites for hydroxylation is 1. The van der Waals surface area contributed by atoms with Gasteiger partial charge in [0.2, 0.25) is 5.91 Å². The third-order valence-electron chi connectivity index (χ3n) is 4.23. The van der Waals surface area contributed by atoms with Crippen molar-refractivity contribution in [2.45, 2.75) is 44.7 Å². The molecule has 3 rings (SSSR count). The van der Waals surface area contributed by atoms with Crippen LogP contribution in [0.25, 0.3) is 0 Å². The first-order valence-corrected chi connectivity index (χ1v) is 7.73. The van der Waals surface area contributed by atoms with E-state index in [0.717, 1.165) is 19.4 Å². The van der Waals surface area contributed by atoms with Gasteiger partial charge in [-0.15, -0.1) is 11.3 Å². The van der Waals surface area contributed by atoms with E-state index in [1.165, 1.54) is 23.3 Å². The first kappa shape index (κ1) is 12.2.